The molecule has 0 saturated heterocycles. The Bertz CT molecular complexity index is 1120. The molecule has 3 aromatic rings. The van der Waals surface area contributed by atoms with Crippen LogP contribution < -0.4 is 0 Å². The minimum atomic E-state index is -0.840. The van der Waals surface area contributed by atoms with E-state index in [-0.39, 0.29) is 17.4 Å². The predicted molar refractivity (Wildman–Crippen MR) is 134 cm³/mol. The lowest BCUT2D eigenvalue weighted by Crippen LogP contribution is -2.01. The number of hydrogen-bond acceptors (Lipinski definition) is 5. The van der Waals surface area contributed by atoms with Gasteiger partial charge in [0.15, 0.2) is 0 Å². The first-order chi connectivity index (χ1) is 15.4. The van der Waals surface area contributed by atoms with Gasteiger partial charge in [-0.1, -0.05) is 48.0 Å². The fourth-order valence-electron chi connectivity index (χ4n) is 2.94. The number of thioether (sulfide) groups is 2. The van der Waals surface area contributed by atoms with E-state index in [2.05, 4.69) is 4.98 Å². The number of pyridine rings is 1. The maximum atomic E-state index is 10.9. The van der Waals surface area contributed by atoms with E-state index in [9.17, 15) is 9.59 Å². The predicted octanol–water partition coefficient (Wildman–Crippen LogP) is 6.47. The van der Waals surface area contributed by atoms with Crippen LogP contribution in [0.1, 0.15) is 34.2 Å². The number of rotatable bonds is 11. The maximum Gasteiger partial charge on any atom is 0.304 e. The molecule has 1 heterocycles. The minimum Gasteiger partial charge on any atom is -0.481 e. The summed E-state index contributed by atoms with van der Waals surface area (Å²) < 4.78 is -0.0389. The average Bonchev–Trinajstić information content (AvgIpc) is 2.76. The highest BCUT2D eigenvalue weighted by molar-refractivity contribution is 8.16. The second-order valence-corrected chi connectivity index (χ2v) is 10.1. The number of hydrogen-bond donors (Lipinski definition) is 2. The zero-order valence-electron chi connectivity index (χ0n) is 17.1. The molecule has 0 amide bonds. The van der Waals surface area contributed by atoms with Gasteiger partial charge in [-0.25, -0.2) is 4.98 Å². The number of nitrogens with zero attached hydrogens (tertiary/aromatic N) is 1. The molecule has 1 aromatic heterocycles. The quantitative estimate of drug-likeness (QED) is 0.299. The summed E-state index contributed by atoms with van der Waals surface area (Å²) in [5, 5.41) is 19.5. The second kappa shape index (κ2) is 11.9. The first kappa shape index (κ1) is 24.2. The van der Waals surface area contributed by atoms with Crippen LogP contribution in [0, 0.1) is 0 Å². The van der Waals surface area contributed by atoms with Gasteiger partial charge in [0.05, 0.1) is 28.6 Å². The number of benzene rings is 2. The van der Waals surface area contributed by atoms with Gasteiger partial charge in [-0.2, -0.15) is 0 Å². The van der Waals surface area contributed by atoms with Gasteiger partial charge in [-0.3, -0.25) is 9.59 Å². The van der Waals surface area contributed by atoms with E-state index in [1.807, 2.05) is 66.7 Å². The van der Waals surface area contributed by atoms with Gasteiger partial charge < -0.3 is 10.2 Å². The highest BCUT2D eigenvalue weighted by Gasteiger charge is 2.14. The number of carboxylic acids is 2. The molecule has 0 bridgehead atoms. The molecule has 32 heavy (non-hydrogen) atoms. The SMILES string of the molecule is O=C(O)CCSC(SCCC(=O)O)c1cccc(/C=C/c2ccc3ccc(Cl)cc3n2)c1. The van der Waals surface area contributed by atoms with Crippen LogP contribution >= 0.6 is 35.1 Å². The van der Waals surface area contributed by atoms with Crippen molar-refractivity contribution in [3.05, 3.63) is 76.4 Å². The molecular weight excluding hydrogens is 466 g/mol. The number of halogens is 1. The fraction of sp³-hybridized carbons (Fsp3) is 0.208. The third-order valence-corrected chi connectivity index (χ3v) is 7.56. The van der Waals surface area contributed by atoms with Crippen LogP contribution in [-0.2, 0) is 9.59 Å². The summed E-state index contributed by atoms with van der Waals surface area (Å²) in [6.07, 6.45) is 4.04. The van der Waals surface area contributed by atoms with Crippen LogP contribution in [0.15, 0.2) is 54.6 Å². The van der Waals surface area contributed by atoms with Crippen molar-refractivity contribution in [1.82, 2.24) is 4.98 Å². The van der Waals surface area contributed by atoms with Gasteiger partial charge in [0.1, 0.15) is 0 Å². The first-order valence-electron chi connectivity index (χ1n) is 9.92. The highest BCUT2D eigenvalue weighted by Crippen LogP contribution is 2.40. The fourth-order valence-corrected chi connectivity index (χ4v) is 5.76. The number of aromatic nitrogens is 1. The van der Waals surface area contributed by atoms with E-state index in [0.29, 0.717) is 16.5 Å². The highest BCUT2D eigenvalue weighted by atomic mass is 35.5. The van der Waals surface area contributed by atoms with Crippen molar-refractivity contribution < 1.29 is 19.8 Å². The van der Waals surface area contributed by atoms with Gasteiger partial charge >= 0.3 is 11.9 Å². The number of fused-ring (bicyclic) bond motifs is 1. The molecular formula is C24H22ClNO4S2. The molecule has 2 aromatic carbocycles. The zero-order chi connectivity index (χ0) is 22.9. The van der Waals surface area contributed by atoms with Crippen LogP contribution in [-0.4, -0.2) is 38.6 Å². The lowest BCUT2D eigenvalue weighted by atomic mass is 10.1. The Hall–Kier alpha value is -2.48. The van der Waals surface area contributed by atoms with Crippen molar-refractivity contribution >= 4 is 70.1 Å². The number of aliphatic carboxylic acids is 2. The summed E-state index contributed by atoms with van der Waals surface area (Å²) >= 11 is 9.11. The molecule has 3 rings (SSSR count). The Morgan fingerprint density at radius 1 is 0.938 bits per heavy atom. The van der Waals surface area contributed by atoms with E-state index in [0.717, 1.165) is 27.7 Å². The zero-order valence-corrected chi connectivity index (χ0v) is 19.5. The van der Waals surface area contributed by atoms with E-state index < -0.39 is 11.9 Å². The average molecular weight is 488 g/mol. The molecule has 166 valence electrons. The van der Waals surface area contributed by atoms with Crippen LogP contribution in [0.4, 0.5) is 0 Å². The van der Waals surface area contributed by atoms with Crippen molar-refractivity contribution in [3.8, 4) is 0 Å². The number of carbonyl (C=O) groups is 2. The summed E-state index contributed by atoms with van der Waals surface area (Å²) in [6.45, 7) is 0. The maximum absolute atomic E-state index is 10.9. The Labute approximate surface area is 199 Å². The molecule has 0 atom stereocenters. The Kier molecular flexibility index (Phi) is 9.02. The Balaban J connectivity index is 1.75. The van der Waals surface area contributed by atoms with E-state index in [1.165, 1.54) is 23.5 Å². The lowest BCUT2D eigenvalue weighted by molar-refractivity contribution is -0.137. The van der Waals surface area contributed by atoms with E-state index in [1.54, 1.807) is 0 Å². The Morgan fingerprint density at radius 3 is 2.31 bits per heavy atom. The van der Waals surface area contributed by atoms with Gasteiger partial charge in [-0.15, -0.1) is 23.5 Å². The molecule has 0 aliphatic rings. The summed E-state index contributed by atoms with van der Waals surface area (Å²) in [7, 11) is 0. The molecule has 0 aliphatic heterocycles. The van der Waals surface area contributed by atoms with Crippen LogP contribution in [0.2, 0.25) is 5.02 Å². The van der Waals surface area contributed by atoms with Gasteiger partial charge in [-0.05, 0) is 41.5 Å². The number of carboxylic acid groups (broad SMARTS) is 2. The van der Waals surface area contributed by atoms with Crippen molar-refractivity contribution in [2.24, 2.45) is 0 Å². The van der Waals surface area contributed by atoms with Crippen LogP contribution in [0.5, 0.6) is 0 Å². The summed E-state index contributed by atoms with van der Waals surface area (Å²) in [6, 6.07) is 17.5. The van der Waals surface area contributed by atoms with Crippen LogP contribution in [0.25, 0.3) is 23.1 Å². The monoisotopic (exact) mass is 487 g/mol. The third-order valence-electron chi connectivity index (χ3n) is 4.48. The van der Waals surface area contributed by atoms with Crippen molar-refractivity contribution in [2.45, 2.75) is 17.4 Å². The third kappa shape index (κ3) is 7.58. The molecule has 0 spiro atoms. The van der Waals surface area contributed by atoms with E-state index >= 15 is 0 Å². The van der Waals surface area contributed by atoms with Gasteiger partial charge in [0.2, 0.25) is 0 Å². The molecule has 0 unspecified atom stereocenters. The summed E-state index contributed by atoms with van der Waals surface area (Å²) in [5.74, 6) is -0.756. The summed E-state index contributed by atoms with van der Waals surface area (Å²) in [4.78, 5) is 26.4. The van der Waals surface area contributed by atoms with E-state index in [4.69, 9.17) is 21.8 Å². The largest absolute Gasteiger partial charge is 0.481 e. The molecule has 8 heteroatoms. The molecule has 0 fully saturated rings. The van der Waals surface area contributed by atoms with Crippen LogP contribution in [0.3, 0.4) is 0 Å². The molecule has 0 radical (unpaired) electrons. The molecule has 2 N–H and O–H groups in total. The van der Waals surface area contributed by atoms with Crippen molar-refractivity contribution in [1.29, 1.82) is 0 Å². The summed E-state index contributed by atoms with van der Waals surface area (Å²) in [5.41, 5.74) is 3.65. The second-order valence-electron chi connectivity index (χ2n) is 6.94. The standard InChI is InChI=1S/C24H22ClNO4S2/c25-19-7-5-17-6-9-20(26-21(17)15-19)8-4-16-2-1-3-18(14-16)24(31-12-10-22(27)28)32-13-11-23(29)30/h1-9,14-15,24H,10-13H2,(H,27,28)(H,29,30)/b8-4+. The molecule has 0 aliphatic carbocycles. The molecule has 5 nitrogen and oxygen atoms in total. The molecule has 0 saturated carbocycles. The first-order valence-corrected chi connectivity index (χ1v) is 12.4. The normalized spacial score (nSPS) is 11.4. The van der Waals surface area contributed by atoms with Gasteiger partial charge in [0.25, 0.3) is 0 Å². The minimum absolute atomic E-state index is 0.0389. The topological polar surface area (TPSA) is 87.5 Å². The lowest BCUT2D eigenvalue weighted by Gasteiger charge is -2.16. The van der Waals surface area contributed by atoms with Crippen molar-refractivity contribution in [3.63, 3.8) is 0 Å². The van der Waals surface area contributed by atoms with Gasteiger partial charge in [0, 0.05) is 21.9 Å². The van der Waals surface area contributed by atoms with Crippen molar-refractivity contribution in [2.75, 3.05) is 11.5 Å². The smallest absolute Gasteiger partial charge is 0.304 e. The Morgan fingerprint density at radius 2 is 1.62 bits per heavy atom.